The van der Waals surface area contributed by atoms with Crippen molar-refractivity contribution in [2.24, 2.45) is 0 Å². The zero-order valence-electron chi connectivity index (χ0n) is 10.1. The van der Waals surface area contributed by atoms with E-state index >= 15 is 0 Å². The lowest BCUT2D eigenvalue weighted by atomic mass is 9.86. The van der Waals surface area contributed by atoms with Crippen LogP contribution in [0.2, 0.25) is 0 Å². The third-order valence-corrected chi connectivity index (χ3v) is 5.64. The SMILES string of the molecule is O=P1(Cl)CC(c2ccccc2)C2=C(C=CC(Cl)C2)O1. The number of hydrogen-bond acceptors (Lipinski definition) is 2. The van der Waals surface area contributed by atoms with Gasteiger partial charge in [0.1, 0.15) is 5.76 Å². The Bertz CT molecular complexity index is 595. The molecule has 1 heterocycles. The molecule has 1 aromatic rings. The summed E-state index contributed by atoms with van der Waals surface area (Å²) >= 11 is 12.2. The van der Waals surface area contributed by atoms with Crippen molar-refractivity contribution in [1.29, 1.82) is 0 Å². The minimum absolute atomic E-state index is 0.0273. The number of alkyl halides is 1. The maximum atomic E-state index is 12.2. The molecule has 0 saturated heterocycles. The summed E-state index contributed by atoms with van der Waals surface area (Å²) in [4.78, 5) is 0. The predicted octanol–water partition coefficient (Wildman–Crippen LogP) is 5.05. The fourth-order valence-corrected chi connectivity index (χ4v) is 4.87. The fraction of sp³-hybridized carbons (Fsp3) is 0.286. The summed E-state index contributed by atoms with van der Waals surface area (Å²) in [5.74, 6) is 0.662. The smallest absolute Gasteiger partial charge is 0.337 e. The summed E-state index contributed by atoms with van der Waals surface area (Å²) in [5, 5.41) is -0.0404. The minimum atomic E-state index is -3.10. The van der Waals surface area contributed by atoms with E-state index in [0.29, 0.717) is 18.3 Å². The normalized spacial score (nSPS) is 33.8. The highest BCUT2D eigenvalue weighted by atomic mass is 35.7. The summed E-state index contributed by atoms with van der Waals surface area (Å²) in [5.41, 5.74) is 2.21. The molecular weight excluding hydrogens is 302 g/mol. The van der Waals surface area contributed by atoms with E-state index in [2.05, 4.69) is 0 Å². The first kappa shape index (κ1) is 13.3. The van der Waals surface area contributed by atoms with Gasteiger partial charge in [-0.25, -0.2) is 0 Å². The molecule has 3 atom stereocenters. The zero-order valence-corrected chi connectivity index (χ0v) is 12.5. The van der Waals surface area contributed by atoms with Crippen molar-refractivity contribution in [1.82, 2.24) is 0 Å². The van der Waals surface area contributed by atoms with E-state index in [4.69, 9.17) is 27.4 Å². The summed E-state index contributed by atoms with van der Waals surface area (Å²) in [6, 6.07) is 9.96. The first-order valence-corrected chi connectivity index (χ1v) is 9.29. The fourth-order valence-electron chi connectivity index (χ4n) is 2.58. The van der Waals surface area contributed by atoms with Crippen molar-refractivity contribution in [2.75, 3.05) is 6.16 Å². The van der Waals surface area contributed by atoms with E-state index in [1.165, 1.54) is 0 Å². The second-order valence-corrected chi connectivity index (χ2v) is 8.63. The molecule has 0 spiro atoms. The molecule has 2 aliphatic rings. The van der Waals surface area contributed by atoms with Crippen molar-refractivity contribution in [3.05, 3.63) is 59.4 Å². The lowest BCUT2D eigenvalue weighted by molar-refractivity contribution is 0.401. The van der Waals surface area contributed by atoms with Gasteiger partial charge in [-0.15, -0.1) is 11.6 Å². The van der Waals surface area contributed by atoms with Crippen LogP contribution in [0.5, 0.6) is 0 Å². The number of rotatable bonds is 1. The number of allylic oxidation sites excluding steroid dienone is 3. The average Bonchev–Trinajstić information content (AvgIpc) is 2.39. The van der Waals surface area contributed by atoms with Crippen LogP contribution < -0.4 is 0 Å². The van der Waals surface area contributed by atoms with Crippen molar-refractivity contribution >= 4 is 29.6 Å². The van der Waals surface area contributed by atoms with E-state index < -0.39 is 6.72 Å². The second kappa shape index (κ2) is 5.01. The lowest BCUT2D eigenvalue weighted by Crippen LogP contribution is -2.20. The Morgan fingerprint density at radius 1 is 1.26 bits per heavy atom. The molecule has 0 bridgehead atoms. The Labute approximate surface area is 122 Å². The molecule has 2 nitrogen and oxygen atoms in total. The van der Waals surface area contributed by atoms with Crippen LogP contribution in [0.25, 0.3) is 0 Å². The van der Waals surface area contributed by atoms with Crippen LogP contribution in [0, 0.1) is 0 Å². The Morgan fingerprint density at radius 3 is 2.74 bits per heavy atom. The van der Waals surface area contributed by atoms with Crippen LogP contribution in [0.15, 0.2) is 53.8 Å². The Hall–Kier alpha value is -0.690. The van der Waals surface area contributed by atoms with Gasteiger partial charge in [0.2, 0.25) is 0 Å². The third-order valence-electron chi connectivity index (χ3n) is 3.45. The molecule has 0 aromatic heterocycles. The van der Waals surface area contributed by atoms with E-state index in [9.17, 15) is 4.57 Å². The highest BCUT2D eigenvalue weighted by Gasteiger charge is 2.38. The van der Waals surface area contributed by atoms with Gasteiger partial charge in [-0.05, 0) is 34.9 Å². The molecule has 1 aliphatic carbocycles. The first-order chi connectivity index (χ1) is 9.05. The van der Waals surface area contributed by atoms with Crippen molar-refractivity contribution in [3.8, 4) is 0 Å². The van der Waals surface area contributed by atoms with Crippen molar-refractivity contribution in [2.45, 2.75) is 17.7 Å². The highest BCUT2D eigenvalue weighted by molar-refractivity contribution is 7.85. The third kappa shape index (κ3) is 2.76. The van der Waals surface area contributed by atoms with Gasteiger partial charge in [-0.1, -0.05) is 36.4 Å². The largest absolute Gasteiger partial charge is 0.433 e. The number of hydrogen-bond donors (Lipinski definition) is 0. The van der Waals surface area contributed by atoms with Gasteiger partial charge in [0, 0.05) is 5.92 Å². The number of halogens is 2. The average molecular weight is 315 g/mol. The van der Waals surface area contributed by atoms with Gasteiger partial charge in [-0.3, -0.25) is 4.57 Å². The lowest BCUT2D eigenvalue weighted by Gasteiger charge is -2.33. The van der Waals surface area contributed by atoms with E-state index in [1.807, 2.05) is 36.4 Å². The maximum Gasteiger partial charge on any atom is 0.337 e. The Kier molecular flexibility index (Phi) is 3.51. The topological polar surface area (TPSA) is 26.3 Å². The molecule has 0 saturated carbocycles. The van der Waals surface area contributed by atoms with Gasteiger partial charge in [0.25, 0.3) is 0 Å². The molecule has 0 amide bonds. The van der Waals surface area contributed by atoms with Crippen LogP contribution in [-0.2, 0) is 9.09 Å². The summed E-state index contributed by atoms with van der Waals surface area (Å²) < 4.78 is 17.6. The quantitative estimate of drug-likeness (QED) is 0.535. The number of benzene rings is 1. The zero-order chi connectivity index (χ0) is 13.5. The second-order valence-electron chi connectivity index (χ2n) is 4.80. The highest BCUT2D eigenvalue weighted by Crippen LogP contribution is 2.62. The molecule has 0 N–H and O–H groups in total. The molecule has 1 aliphatic heterocycles. The Balaban J connectivity index is 2.06. The van der Waals surface area contributed by atoms with Crippen LogP contribution in [0.3, 0.4) is 0 Å². The molecule has 1 aromatic carbocycles. The molecular formula is C14H13Cl2O2P. The Morgan fingerprint density at radius 2 is 2.00 bits per heavy atom. The van der Waals surface area contributed by atoms with Crippen LogP contribution in [-0.4, -0.2) is 11.5 Å². The standard InChI is InChI=1S/C14H13Cl2O2P/c15-11-6-7-14-12(8-11)13(9-19(16,17)18-14)10-4-2-1-3-5-10/h1-7,11,13H,8-9H2. The van der Waals surface area contributed by atoms with E-state index in [-0.39, 0.29) is 11.3 Å². The molecule has 5 heteroatoms. The van der Waals surface area contributed by atoms with Crippen molar-refractivity contribution in [3.63, 3.8) is 0 Å². The van der Waals surface area contributed by atoms with Gasteiger partial charge in [0.15, 0.2) is 0 Å². The van der Waals surface area contributed by atoms with Crippen molar-refractivity contribution < 1.29 is 9.09 Å². The predicted molar refractivity (Wildman–Crippen MR) is 79.0 cm³/mol. The first-order valence-electron chi connectivity index (χ1n) is 6.14. The van der Waals surface area contributed by atoms with E-state index in [1.54, 1.807) is 6.08 Å². The van der Waals surface area contributed by atoms with Gasteiger partial charge in [-0.2, -0.15) is 0 Å². The monoisotopic (exact) mass is 314 g/mol. The van der Waals surface area contributed by atoms with Gasteiger partial charge in [0.05, 0.1) is 11.5 Å². The van der Waals surface area contributed by atoms with Crippen LogP contribution >= 0.6 is 29.6 Å². The van der Waals surface area contributed by atoms with Gasteiger partial charge < -0.3 is 4.52 Å². The summed E-state index contributed by atoms with van der Waals surface area (Å²) in [6.45, 7) is -3.10. The molecule has 19 heavy (non-hydrogen) atoms. The van der Waals surface area contributed by atoms with E-state index in [0.717, 1.165) is 11.1 Å². The van der Waals surface area contributed by atoms with Crippen LogP contribution in [0.4, 0.5) is 0 Å². The molecule has 3 rings (SSSR count). The summed E-state index contributed by atoms with van der Waals surface area (Å²) in [6.07, 6.45) is 4.68. The molecule has 0 fully saturated rings. The van der Waals surface area contributed by atoms with Gasteiger partial charge >= 0.3 is 6.72 Å². The molecule has 3 unspecified atom stereocenters. The summed E-state index contributed by atoms with van der Waals surface area (Å²) in [7, 11) is 0. The minimum Gasteiger partial charge on any atom is -0.433 e. The molecule has 100 valence electrons. The maximum absolute atomic E-state index is 12.2. The van der Waals surface area contributed by atoms with Crippen LogP contribution in [0.1, 0.15) is 17.9 Å². The molecule has 0 radical (unpaired) electrons.